The SMILES string of the molecule is C=C(C(=O)CCC)C(=O)OCC1CO1. The van der Waals surface area contributed by atoms with Gasteiger partial charge in [-0.05, 0) is 6.42 Å². The Morgan fingerprint density at radius 1 is 1.57 bits per heavy atom. The maximum absolute atomic E-state index is 11.2. The summed E-state index contributed by atoms with van der Waals surface area (Å²) in [6.45, 7) is 6.12. The molecule has 1 unspecified atom stereocenters. The van der Waals surface area contributed by atoms with Gasteiger partial charge in [-0.1, -0.05) is 13.5 Å². The van der Waals surface area contributed by atoms with Crippen molar-refractivity contribution in [3.8, 4) is 0 Å². The Morgan fingerprint density at radius 3 is 2.71 bits per heavy atom. The molecule has 0 bridgehead atoms. The highest BCUT2D eigenvalue weighted by Gasteiger charge is 2.25. The quantitative estimate of drug-likeness (QED) is 0.209. The number of ether oxygens (including phenoxy) is 2. The summed E-state index contributed by atoms with van der Waals surface area (Å²) in [4.78, 5) is 22.4. The first-order valence-electron chi connectivity index (χ1n) is 4.66. The number of hydrogen-bond acceptors (Lipinski definition) is 4. The molecule has 0 aromatic carbocycles. The van der Waals surface area contributed by atoms with Gasteiger partial charge in [0.05, 0.1) is 12.2 Å². The first-order valence-corrected chi connectivity index (χ1v) is 4.66. The standard InChI is InChI=1S/C10H14O4/c1-3-4-9(11)7(2)10(12)14-6-8-5-13-8/h8H,2-6H2,1H3. The molecular weight excluding hydrogens is 184 g/mol. The highest BCUT2D eigenvalue weighted by Crippen LogP contribution is 2.10. The van der Waals surface area contributed by atoms with E-state index in [1.54, 1.807) is 0 Å². The van der Waals surface area contributed by atoms with Crippen molar-refractivity contribution in [1.29, 1.82) is 0 Å². The van der Waals surface area contributed by atoms with Gasteiger partial charge in [0.1, 0.15) is 12.7 Å². The first kappa shape index (κ1) is 10.9. The average Bonchev–Trinajstić information content (AvgIpc) is 2.97. The predicted octanol–water partition coefficient (Wildman–Crippen LogP) is 0.854. The molecule has 0 aromatic heterocycles. The van der Waals surface area contributed by atoms with Crippen molar-refractivity contribution < 1.29 is 19.1 Å². The number of ketones is 1. The van der Waals surface area contributed by atoms with E-state index in [0.717, 1.165) is 0 Å². The molecule has 1 rings (SSSR count). The number of hydrogen-bond donors (Lipinski definition) is 0. The summed E-state index contributed by atoms with van der Waals surface area (Å²) in [5, 5.41) is 0. The van der Waals surface area contributed by atoms with Crippen LogP contribution in [0.2, 0.25) is 0 Å². The fourth-order valence-corrected chi connectivity index (χ4v) is 0.912. The Labute approximate surface area is 82.9 Å². The van der Waals surface area contributed by atoms with E-state index in [1.165, 1.54) is 0 Å². The number of rotatable bonds is 6. The lowest BCUT2D eigenvalue weighted by atomic mass is 10.1. The summed E-state index contributed by atoms with van der Waals surface area (Å²) in [6, 6.07) is 0. The van der Waals surface area contributed by atoms with Crippen LogP contribution in [0.4, 0.5) is 0 Å². The first-order chi connectivity index (χ1) is 6.65. The lowest BCUT2D eigenvalue weighted by Gasteiger charge is -2.03. The van der Waals surface area contributed by atoms with Crippen molar-refractivity contribution in [3.05, 3.63) is 12.2 Å². The van der Waals surface area contributed by atoms with Gasteiger partial charge in [0.25, 0.3) is 0 Å². The molecule has 0 aliphatic carbocycles. The van der Waals surface area contributed by atoms with E-state index in [4.69, 9.17) is 9.47 Å². The molecule has 14 heavy (non-hydrogen) atoms. The number of esters is 1. The molecule has 0 amide bonds. The number of carbonyl (C=O) groups excluding carboxylic acids is 2. The fourth-order valence-electron chi connectivity index (χ4n) is 0.912. The third kappa shape index (κ3) is 3.30. The van der Waals surface area contributed by atoms with Crippen LogP contribution in [0.3, 0.4) is 0 Å². The molecule has 78 valence electrons. The van der Waals surface area contributed by atoms with Crippen LogP contribution < -0.4 is 0 Å². The van der Waals surface area contributed by atoms with Crippen LogP contribution in [-0.2, 0) is 19.1 Å². The van der Waals surface area contributed by atoms with Gasteiger partial charge in [0, 0.05) is 6.42 Å². The number of Topliss-reactive ketones (excluding diaryl/α,β-unsaturated/α-hetero) is 1. The van der Waals surface area contributed by atoms with Crippen LogP contribution in [0.1, 0.15) is 19.8 Å². The Bertz CT molecular complexity index is 253. The second kappa shape index (κ2) is 4.91. The number of epoxide rings is 1. The van der Waals surface area contributed by atoms with Gasteiger partial charge in [-0.25, -0.2) is 4.79 Å². The van der Waals surface area contributed by atoms with Crippen molar-refractivity contribution >= 4 is 11.8 Å². The Kier molecular flexibility index (Phi) is 3.83. The molecule has 1 aliphatic rings. The van der Waals surface area contributed by atoms with Crippen LogP contribution in [0.25, 0.3) is 0 Å². The minimum atomic E-state index is -0.626. The van der Waals surface area contributed by atoms with Gasteiger partial charge in [0.15, 0.2) is 5.78 Å². The van der Waals surface area contributed by atoms with Crippen LogP contribution in [0.5, 0.6) is 0 Å². The minimum absolute atomic E-state index is 0.0213. The van der Waals surface area contributed by atoms with E-state index >= 15 is 0 Å². The molecule has 0 N–H and O–H groups in total. The summed E-state index contributed by atoms with van der Waals surface area (Å²) in [7, 11) is 0. The largest absolute Gasteiger partial charge is 0.459 e. The van der Waals surface area contributed by atoms with E-state index in [9.17, 15) is 9.59 Å². The summed E-state index contributed by atoms with van der Waals surface area (Å²) >= 11 is 0. The molecule has 4 nitrogen and oxygen atoms in total. The summed E-state index contributed by atoms with van der Waals surface area (Å²) in [6.07, 6.45) is 1.07. The summed E-state index contributed by atoms with van der Waals surface area (Å²) < 4.78 is 9.67. The summed E-state index contributed by atoms with van der Waals surface area (Å²) in [5.74, 6) is -0.867. The molecule has 1 aliphatic heterocycles. The maximum Gasteiger partial charge on any atom is 0.341 e. The van der Waals surface area contributed by atoms with Gasteiger partial charge in [-0.3, -0.25) is 4.79 Å². The maximum atomic E-state index is 11.2. The Balaban J connectivity index is 2.27. The zero-order chi connectivity index (χ0) is 10.6. The molecule has 0 spiro atoms. The molecule has 1 atom stereocenters. The lowest BCUT2D eigenvalue weighted by molar-refractivity contribution is -0.140. The van der Waals surface area contributed by atoms with E-state index in [1.807, 2.05) is 6.92 Å². The third-order valence-electron chi connectivity index (χ3n) is 1.86. The molecule has 0 saturated carbocycles. The second-order valence-electron chi connectivity index (χ2n) is 3.21. The Hall–Kier alpha value is -1.16. The van der Waals surface area contributed by atoms with E-state index in [0.29, 0.717) is 19.4 Å². The lowest BCUT2D eigenvalue weighted by Crippen LogP contribution is -2.17. The summed E-state index contributed by atoms with van der Waals surface area (Å²) in [5.41, 5.74) is -0.0625. The topological polar surface area (TPSA) is 55.9 Å². The molecular formula is C10H14O4. The Morgan fingerprint density at radius 2 is 2.21 bits per heavy atom. The van der Waals surface area contributed by atoms with Crippen molar-refractivity contribution in [3.63, 3.8) is 0 Å². The van der Waals surface area contributed by atoms with Gasteiger partial charge in [-0.15, -0.1) is 0 Å². The van der Waals surface area contributed by atoms with E-state index in [2.05, 4.69) is 6.58 Å². The van der Waals surface area contributed by atoms with Crippen LogP contribution in [0, 0.1) is 0 Å². The molecule has 0 aromatic rings. The van der Waals surface area contributed by atoms with Crippen molar-refractivity contribution in [1.82, 2.24) is 0 Å². The van der Waals surface area contributed by atoms with Gasteiger partial charge >= 0.3 is 5.97 Å². The van der Waals surface area contributed by atoms with E-state index in [-0.39, 0.29) is 24.1 Å². The van der Waals surface area contributed by atoms with E-state index < -0.39 is 5.97 Å². The number of carbonyl (C=O) groups is 2. The monoisotopic (exact) mass is 198 g/mol. The third-order valence-corrected chi connectivity index (χ3v) is 1.86. The highest BCUT2D eigenvalue weighted by atomic mass is 16.6. The minimum Gasteiger partial charge on any atom is -0.459 e. The zero-order valence-electron chi connectivity index (χ0n) is 8.25. The van der Waals surface area contributed by atoms with Gasteiger partial charge in [0.2, 0.25) is 0 Å². The van der Waals surface area contributed by atoms with Gasteiger partial charge in [-0.2, -0.15) is 0 Å². The van der Waals surface area contributed by atoms with Crippen LogP contribution in [-0.4, -0.2) is 31.1 Å². The molecule has 0 radical (unpaired) electrons. The predicted molar refractivity (Wildman–Crippen MR) is 49.8 cm³/mol. The van der Waals surface area contributed by atoms with Crippen molar-refractivity contribution in [2.45, 2.75) is 25.9 Å². The molecule has 4 heteroatoms. The van der Waals surface area contributed by atoms with Crippen molar-refractivity contribution in [2.75, 3.05) is 13.2 Å². The second-order valence-corrected chi connectivity index (χ2v) is 3.21. The van der Waals surface area contributed by atoms with Crippen LogP contribution >= 0.6 is 0 Å². The molecule has 1 heterocycles. The smallest absolute Gasteiger partial charge is 0.341 e. The van der Waals surface area contributed by atoms with Crippen LogP contribution in [0.15, 0.2) is 12.2 Å². The van der Waals surface area contributed by atoms with Gasteiger partial charge < -0.3 is 9.47 Å². The molecule has 1 saturated heterocycles. The highest BCUT2D eigenvalue weighted by molar-refractivity contribution is 6.16. The normalized spacial score (nSPS) is 18.8. The fraction of sp³-hybridized carbons (Fsp3) is 0.600. The van der Waals surface area contributed by atoms with Crippen molar-refractivity contribution in [2.24, 2.45) is 0 Å². The molecule has 1 fully saturated rings. The zero-order valence-corrected chi connectivity index (χ0v) is 8.25. The average molecular weight is 198 g/mol.